The third-order valence-electron chi connectivity index (χ3n) is 5.93. The highest BCUT2D eigenvalue weighted by Gasteiger charge is 2.23. The van der Waals surface area contributed by atoms with Gasteiger partial charge in [0.2, 0.25) is 0 Å². The van der Waals surface area contributed by atoms with Crippen molar-refractivity contribution in [2.45, 2.75) is 0 Å². The normalized spacial score (nSPS) is 13.7. The predicted octanol–water partition coefficient (Wildman–Crippen LogP) is 2.94. The number of amides is 1. The van der Waals surface area contributed by atoms with Crippen LogP contribution < -0.4 is 21.3 Å². The highest BCUT2D eigenvalue weighted by atomic mass is 35.5. The number of carbonyl (C=O) groups excluding carboxylic acids is 1. The van der Waals surface area contributed by atoms with Crippen LogP contribution in [0.5, 0.6) is 0 Å². The second-order valence-corrected chi connectivity index (χ2v) is 8.51. The Labute approximate surface area is 210 Å². The highest BCUT2D eigenvalue weighted by Crippen LogP contribution is 2.36. The number of rotatable bonds is 6. The van der Waals surface area contributed by atoms with Crippen molar-refractivity contribution in [3.63, 3.8) is 0 Å². The lowest BCUT2D eigenvalue weighted by molar-refractivity contribution is 0.0996. The number of benzene rings is 1. The van der Waals surface area contributed by atoms with Gasteiger partial charge in [0.25, 0.3) is 5.91 Å². The molecule has 0 spiro atoms. The summed E-state index contributed by atoms with van der Waals surface area (Å²) in [6.45, 7) is 2.29. The number of hydrogen-bond donors (Lipinski definition) is 3. The number of morpholine rings is 1. The van der Waals surface area contributed by atoms with Gasteiger partial charge in [0.1, 0.15) is 16.2 Å². The lowest BCUT2D eigenvalue weighted by Crippen LogP contribution is -2.36. The van der Waals surface area contributed by atoms with E-state index in [1.54, 1.807) is 31.8 Å². The fourth-order valence-corrected chi connectivity index (χ4v) is 4.37. The largest absolute Gasteiger partial charge is 0.378 e. The van der Waals surface area contributed by atoms with Crippen LogP contribution in [-0.4, -0.2) is 63.8 Å². The molecule has 0 atom stereocenters. The maximum atomic E-state index is 15.3. The number of aromatic nitrogens is 5. The fourth-order valence-electron chi connectivity index (χ4n) is 4.08. The van der Waals surface area contributed by atoms with Gasteiger partial charge in [0, 0.05) is 33.4 Å². The average molecular weight is 512 g/mol. The van der Waals surface area contributed by atoms with E-state index in [4.69, 9.17) is 22.1 Å². The van der Waals surface area contributed by atoms with Crippen molar-refractivity contribution in [3.05, 3.63) is 47.4 Å². The third kappa shape index (κ3) is 4.14. The molecule has 1 saturated heterocycles. The van der Waals surface area contributed by atoms with Crippen LogP contribution in [0.3, 0.4) is 0 Å². The van der Waals surface area contributed by atoms with Gasteiger partial charge in [-0.25, -0.2) is 19.3 Å². The van der Waals surface area contributed by atoms with Crippen molar-refractivity contribution in [2.24, 2.45) is 12.8 Å². The first-order valence-electron chi connectivity index (χ1n) is 11.1. The monoisotopic (exact) mass is 511 g/mol. The topological polar surface area (TPSA) is 136 Å². The number of ether oxygens (including phenoxy) is 1. The molecule has 4 N–H and O–H groups in total. The van der Waals surface area contributed by atoms with Gasteiger partial charge in [-0.2, -0.15) is 0 Å². The van der Waals surface area contributed by atoms with E-state index >= 15 is 4.39 Å². The first-order valence-corrected chi connectivity index (χ1v) is 11.5. The first-order chi connectivity index (χ1) is 17.4. The van der Waals surface area contributed by atoms with Crippen LogP contribution in [0.4, 0.5) is 27.4 Å². The molecule has 36 heavy (non-hydrogen) atoms. The number of pyridine rings is 1. The molecule has 13 heteroatoms. The van der Waals surface area contributed by atoms with Crippen molar-refractivity contribution >= 4 is 51.6 Å². The molecule has 11 nitrogen and oxygen atoms in total. The number of aryl methyl sites for hydroxylation is 1. The van der Waals surface area contributed by atoms with Gasteiger partial charge in [-0.3, -0.25) is 9.78 Å². The van der Waals surface area contributed by atoms with Gasteiger partial charge in [-0.05, 0) is 12.1 Å². The lowest BCUT2D eigenvalue weighted by Gasteiger charge is -2.30. The molecule has 0 saturated carbocycles. The van der Waals surface area contributed by atoms with E-state index in [-0.39, 0.29) is 22.2 Å². The molecule has 1 aliphatic rings. The summed E-state index contributed by atoms with van der Waals surface area (Å²) in [5.41, 5.74) is 8.34. The van der Waals surface area contributed by atoms with Crippen LogP contribution in [0, 0.1) is 5.82 Å². The Bertz CT molecular complexity index is 1470. The SMILES string of the molecule is CNc1nc(Nc2ccc(N3CCOCC3)c(Cl)c2F)c(C(N)=O)nc1-c1cncc2c1ncn2C. The number of anilines is 4. The first kappa shape index (κ1) is 23.7. The molecule has 5 rings (SSSR count). The number of fused-ring (bicyclic) bond motifs is 1. The minimum absolute atomic E-state index is 0.0224. The van der Waals surface area contributed by atoms with Crippen LogP contribution >= 0.6 is 11.6 Å². The van der Waals surface area contributed by atoms with Crippen LogP contribution in [0.15, 0.2) is 30.9 Å². The second-order valence-electron chi connectivity index (χ2n) is 8.13. The van der Waals surface area contributed by atoms with Crippen molar-refractivity contribution in [1.29, 1.82) is 0 Å². The van der Waals surface area contributed by atoms with E-state index in [0.717, 1.165) is 5.52 Å². The van der Waals surface area contributed by atoms with Gasteiger partial charge in [0.15, 0.2) is 23.1 Å². The molecule has 1 aliphatic heterocycles. The molecule has 1 aromatic carbocycles. The molecule has 186 valence electrons. The molecule has 0 bridgehead atoms. The number of imidazole rings is 1. The van der Waals surface area contributed by atoms with E-state index in [1.807, 2.05) is 16.5 Å². The molecule has 1 fully saturated rings. The average Bonchev–Trinajstić information content (AvgIpc) is 3.28. The zero-order valence-corrected chi connectivity index (χ0v) is 20.3. The van der Waals surface area contributed by atoms with E-state index < -0.39 is 11.7 Å². The summed E-state index contributed by atoms with van der Waals surface area (Å²) in [7, 11) is 3.50. The molecule has 1 amide bonds. The number of carbonyl (C=O) groups is 1. The Balaban J connectivity index is 1.57. The fraction of sp³-hybridized carbons (Fsp3) is 0.261. The van der Waals surface area contributed by atoms with Crippen LogP contribution in [0.1, 0.15) is 10.5 Å². The lowest BCUT2D eigenvalue weighted by atomic mass is 10.1. The maximum Gasteiger partial charge on any atom is 0.271 e. The van der Waals surface area contributed by atoms with Crippen LogP contribution in [0.25, 0.3) is 22.3 Å². The molecular weight excluding hydrogens is 489 g/mol. The summed E-state index contributed by atoms with van der Waals surface area (Å²) >= 11 is 6.37. The van der Waals surface area contributed by atoms with Gasteiger partial charge in [0.05, 0.1) is 48.2 Å². The number of nitrogens with one attached hydrogen (secondary N) is 2. The van der Waals surface area contributed by atoms with E-state index in [0.29, 0.717) is 54.6 Å². The molecule has 0 unspecified atom stereocenters. The van der Waals surface area contributed by atoms with Crippen LogP contribution in [0.2, 0.25) is 5.02 Å². The number of primary amides is 1. The van der Waals surface area contributed by atoms with Gasteiger partial charge in [-0.1, -0.05) is 11.6 Å². The van der Waals surface area contributed by atoms with E-state index in [2.05, 4.69) is 30.6 Å². The zero-order chi connectivity index (χ0) is 25.4. The number of halogens is 2. The quantitative estimate of drug-likeness (QED) is 0.357. The summed E-state index contributed by atoms with van der Waals surface area (Å²) in [5, 5.41) is 5.76. The Hall–Kier alpha value is -4.03. The Morgan fingerprint density at radius 3 is 2.69 bits per heavy atom. The third-order valence-corrected chi connectivity index (χ3v) is 6.29. The van der Waals surface area contributed by atoms with Gasteiger partial charge in [-0.15, -0.1) is 0 Å². The number of nitrogens with zero attached hydrogens (tertiary/aromatic N) is 6. The van der Waals surface area contributed by atoms with Crippen LogP contribution in [-0.2, 0) is 11.8 Å². The maximum absolute atomic E-state index is 15.3. The van der Waals surface area contributed by atoms with Crippen molar-refractivity contribution in [2.75, 3.05) is 48.9 Å². The summed E-state index contributed by atoms with van der Waals surface area (Å²) < 4.78 is 22.5. The summed E-state index contributed by atoms with van der Waals surface area (Å²) in [6.07, 6.45) is 4.92. The Kier molecular flexibility index (Phi) is 6.29. The molecular formula is C23H23ClFN9O2. The Morgan fingerprint density at radius 2 is 1.97 bits per heavy atom. The van der Waals surface area contributed by atoms with Crippen molar-refractivity contribution < 1.29 is 13.9 Å². The highest BCUT2D eigenvalue weighted by molar-refractivity contribution is 6.33. The molecule has 4 heterocycles. The molecule has 0 radical (unpaired) electrons. The van der Waals surface area contributed by atoms with Crippen molar-refractivity contribution in [1.82, 2.24) is 24.5 Å². The zero-order valence-electron chi connectivity index (χ0n) is 19.5. The van der Waals surface area contributed by atoms with Crippen molar-refractivity contribution in [3.8, 4) is 11.3 Å². The smallest absolute Gasteiger partial charge is 0.271 e. The van der Waals surface area contributed by atoms with Gasteiger partial charge >= 0.3 is 0 Å². The molecule has 4 aromatic rings. The standard InChI is InChI=1S/C23H23ClFN9O2/c1-27-22-19(12-9-28-10-15-18(12)29-11-33(15)2)31-20(21(26)35)23(32-22)30-13-3-4-14(16(24)17(13)25)34-5-7-36-8-6-34/h3-4,9-11H,5-8H2,1-2H3,(H2,26,35)(H2,27,30,32). The summed E-state index contributed by atoms with van der Waals surface area (Å²) in [6, 6.07) is 3.24. The molecule has 0 aliphatic carbocycles. The number of nitrogens with two attached hydrogens (primary N) is 1. The predicted molar refractivity (Wildman–Crippen MR) is 135 cm³/mol. The van der Waals surface area contributed by atoms with Gasteiger partial charge < -0.3 is 30.6 Å². The minimum atomic E-state index is -0.841. The summed E-state index contributed by atoms with van der Waals surface area (Å²) in [4.78, 5) is 32.0. The van der Waals surface area contributed by atoms with E-state index in [1.165, 1.54) is 6.07 Å². The summed E-state index contributed by atoms with van der Waals surface area (Å²) in [5.74, 6) is -1.23. The van der Waals surface area contributed by atoms with E-state index in [9.17, 15) is 4.79 Å². The minimum Gasteiger partial charge on any atom is -0.378 e. The number of hydrogen-bond acceptors (Lipinski definition) is 9. The Morgan fingerprint density at radius 1 is 1.19 bits per heavy atom. The second kappa shape index (κ2) is 9.55. The molecule has 3 aromatic heterocycles.